The third kappa shape index (κ3) is 10.1. The number of esters is 1. The van der Waals surface area contributed by atoms with E-state index < -0.39 is 23.3 Å². The first kappa shape index (κ1) is 24.5. The van der Waals surface area contributed by atoms with Crippen LogP contribution in [-0.2, 0) is 10.9 Å². The predicted octanol–water partition coefficient (Wildman–Crippen LogP) is 7.95. The molecule has 0 aromatic heterocycles. The Kier molecular flexibility index (Phi) is 11.9. The Balaban J connectivity index is 2.17. The highest BCUT2D eigenvalue weighted by molar-refractivity contribution is 5.91. The van der Waals surface area contributed by atoms with Gasteiger partial charge in [0.05, 0.1) is 17.2 Å². The lowest BCUT2D eigenvalue weighted by Gasteiger charge is -2.16. The normalized spacial score (nSPS) is 12.8. The Morgan fingerprint density at radius 1 is 0.893 bits per heavy atom. The zero-order valence-corrected chi connectivity index (χ0v) is 17.3. The molecule has 1 aromatic carbocycles. The van der Waals surface area contributed by atoms with E-state index in [0.29, 0.717) is 6.42 Å². The molecule has 0 radical (unpaired) electrons. The number of unbranched alkanes of at least 4 members (excludes halogenated alkanes) is 10. The maximum absolute atomic E-state index is 13.0. The highest BCUT2D eigenvalue weighted by atomic mass is 19.4. The van der Waals surface area contributed by atoms with Gasteiger partial charge in [0.15, 0.2) is 0 Å². The van der Waals surface area contributed by atoms with E-state index >= 15 is 0 Å². The topological polar surface area (TPSA) is 26.3 Å². The summed E-state index contributed by atoms with van der Waals surface area (Å²) in [6.45, 7) is 3.97. The Bertz CT molecular complexity index is 555. The van der Waals surface area contributed by atoms with Gasteiger partial charge in [-0.15, -0.1) is 0 Å². The van der Waals surface area contributed by atoms with Crippen molar-refractivity contribution in [3.05, 3.63) is 35.4 Å². The second-order valence-electron chi connectivity index (χ2n) is 7.58. The van der Waals surface area contributed by atoms with Gasteiger partial charge in [-0.1, -0.05) is 83.3 Å². The second-order valence-corrected chi connectivity index (χ2v) is 7.58. The molecule has 5 heteroatoms. The van der Waals surface area contributed by atoms with Crippen molar-refractivity contribution < 1.29 is 22.7 Å². The van der Waals surface area contributed by atoms with Gasteiger partial charge >= 0.3 is 12.1 Å². The Morgan fingerprint density at radius 3 is 1.93 bits per heavy atom. The highest BCUT2D eigenvalue weighted by Gasteiger charge is 2.35. The summed E-state index contributed by atoms with van der Waals surface area (Å²) in [5.74, 6) is -0.900. The molecule has 0 amide bonds. The van der Waals surface area contributed by atoms with Crippen LogP contribution >= 0.6 is 0 Å². The molecule has 0 aliphatic carbocycles. The molecule has 0 saturated carbocycles. The summed E-state index contributed by atoms with van der Waals surface area (Å²) < 4.78 is 44.2. The SMILES string of the molecule is CCCCCCCCCCCCCC(C)OC(=O)c1ccccc1C(F)(F)F. The fraction of sp³-hybridized carbons (Fsp3) is 0.696. The first-order valence-electron chi connectivity index (χ1n) is 10.7. The van der Waals surface area contributed by atoms with Crippen LogP contribution in [0.25, 0.3) is 0 Å². The molecule has 1 unspecified atom stereocenters. The minimum atomic E-state index is -4.56. The first-order chi connectivity index (χ1) is 13.4. The summed E-state index contributed by atoms with van der Waals surface area (Å²) in [6, 6.07) is 4.76. The Hall–Kier alpha value is -1.52. The van der Waals surface area contributed by atoms with Crippen molar-refractivity contribution in [2.45, 2.75) is 103 Å². The molecule has 0 bridgehead atoms. The van der Waals surface area contributed by atoms with Crippen LogP contribution in [0.5, 0.6) is 0 Å². The van der Waals surface area contributed by atoms with Crippen molar-refractivity contribution in [1.29, 1.82) is 0 Å². The van der Waals surface area contributed by atoms with E-state index in [9.17, 15) is 18.0 Å². The van der Waals surface area contributed by atoms with Crippen LogP contribution in [0.2, 0.25) is 0 Å². The fourth-order valence-electron chi connectivity index (χ4n) is 3.31. The van der Waals surface area contributed by atoms with Crippen molar-refractivity contribution >= 4 is 5.97 Å². The monoisotopic (exact) mass is 400 g/mol. The molecule has 160 valence electrons. The fourth-order valence-corrected chi connectivity index (χ4v) is 3.31. The number of halogens is 3. The molecule has 1 atom stereocenters. The summed E-state index contributed by atoms with van der Waals surface area (Å²) in [4.78, 5) is 12.1. The van der Waals surface area contributed by atoms with Gasteiger partial charge in [-0.05, 0) is 31.9 Å². The number of ether oxygens (including phenoxy) is 1. The van der Waals surface area contributed by atoms with Crippen LogP contribution < -0.4 is 0 Å². The molecule has 28 heavy (non-hydrogen) atoms. The number of alkyl halides is 3. The van der Waals surface area contributed by atoms with E-state index in [0.717, 1.165) is 25.3 Å². The van der Waals surface area contributed by atoms with E-state index in [1.807, 2.05) is 0 Å². The van der Waals surface area contributed by atoms with Gasteiger partial charge in [-0.2, -0.15) is 13.2 Å². The molecule has 1 aromatic rings. The molecular formula is C23H35F3O2. The van der Waals surface area contributed by atoms with Gasteiger partial charge < -0.3 is 4.74 Å². The third-order valence-electron chi connectivity index (χ3n) is 4.97. The summed E-state index contributed by atoms with van der Waals surface area (Å²) >= 11 is 0. The second kappa shape index (κ2) is 13.6. The Morgan fingerprint density at radius 2 is 1.39 bits per heavy atom. The Labute approximate surface area is 167 Å². The van der Waals surface area contributed by atoms with Gasteiger partial charge in [0, 0.05) is 0 Å². The van der Waals surface area contributed by atoms with Crippen LogP contribution in [0, 0.1) is 0 Å². The molecule has 0 heterocycles. The molecule has 2 nitrogen and oxygen atoms in total. The molecule has 0 aliphatic heterocycles. The smallest absolute Gasteiger partial charge is 0.417 e. The highest BCUT2D eigenvalue weighted by Crippen LogP contribution is 2.32. The summed E-state index contributed by atoms with van der Waals surface area (Å²) in [5, 5.41) is 0. The zero-order valence-electron chi connectivity index (χ0n) is 17.3. The van der Waals surface area contributed by atoms with E-state index in [4.69, 9.17) is 4.74 Å². The number of hydrogen-bond acceptors (Lipinski definition) is 2. The van der Waals surface area contributed by atoms with Crippen molar-refractivity contribution in [2.24, 2.45) is 0 Å². The van der Waals surface area contributed by atoms with Crippen molar-refractivity contribution in [3.63, 3.8) is 0 Å². The maximum atomic E-state index is 13.0. The van der Waals surface area contributed by atoms with Crippen LogP contribution in [0.1, 0.15) is 107 Å². The van der Waals surface area contributed by atoms with Crippen molar-refractivity contribution in [3.8, 4) is 0 Å². The minimum absolute atomic E-state index is 0.382. The predicted molar refractivity (Wildman–Crippen MR) is 107 cm³/mol. The lowest BCUT2D eigenvalue weighted by Crippen LogP contribution is -2.19. The molecule has 0 N–H and O–H groups in total. The van der Waals surface area contributed by atoms with E-state index in [-0.39, 0.29) is 6.10 Å². The summed E-state index contributed by atoms with van der Waals surface area (Å²) in [7, 11) is 0. The van der Waals surface area contributed by atoms with Gasteiger partial charge in [0.1, 0.15) is 0 Å². The van der Waals surface area contributed by atoms with E-state index in [1.54, 1.807) is 6.92 Å². The number of benzene rings is 1. The van der Waals surface area contributed by atoms with Gasteiger partial charge in [0.2, 0.25) is 0 Å². The van der Waals surface area contributed by atoms with Crippen LogP contribution in [0.15, 0.2) is 24.3 Å². The third-order valence-corrected chi connectivity index (χ3v) is 4.97. The number of carbonyl (C=O) groups is 1. The molecular weight excluding hydrogens is 365 g/mol. The average Bonchev–Trinajstić information content (AvgIpc) is 2.65. The molecule has 0 fully saturated rings. The molecule has 0 spiro atoms. The lowest BCUT2D eigenvalue weighted by atomic mass is 10.0. The van der Waals surface area contributed by atoms with E-state index in [2.05, 4.69) is 6.92 Å². The first-order valence-corrected chi connectivity index (χ1v) is 10.7. The standard InChI is InChI=1S/C23H35F3O2/c1-3-4-5-6-7-8-9-10-11-12-13-16-19(2)28-22(27)20-17-14-15-18-21(20)23(24,25)26/h14-15,17-19H,3-13,16H2,1-2H3. The van der Waals surface area contributed by atoms with Gasteiger partial charge in [0.25, 0.3) is 0 Å². The zero-order chi connectivity index (χ0) is 20.8. The van der Waals surface area contributed by atoms with E-state index in [1.165, 1.54) is 69.6 Å². The number of carbonyl (C=O) groups excluding carboxylic acids is 1. The maximum Gasteiger partial charge on any atom is 0.417 e. The van der Waals surface area contributed by atoms with Gasteiger partial charge in [-0.25, -0.2) is 4.79 Å². The number of hydrogen-bond donors (Lipinski definition) is 0. The van der Waals surface area contributed by atoms with Gasteiger partial charge in [-0.3, -0.25) is 0 Å². The van der Waals surface area contributed by atoms with Crippen LogP contribution in [0.4, 0.5) is 13.2 Å². The molecule has 0 saturated heterocycles. The quantitative estimate of drug-likeness (QED) is 0.234. The largest absolute Gasteiger partial charge is 0.459 e. The lowest BCUT2D eigenvalue weighted by molar-refractivity contribution is -0.138. The summed E-state index contributed by atoms with van der Waals surface area (Å²) in [5.41, 5.74) is -1.36. The van der Waals surface area contributed by atoms with Crippen LogP contribution in [0.3, 0.4) is 0 Å². The average molecular weight is 401 g/mol. The molecule has 1 rings (SSSR count). The molecule has 0 aliphatic rings. The minimum Gasteiger partial charge on any atom is -0.459 e. The van der Waals surface area contributed by atoms with Crippen molar-refractivity contribution in [2.75, 3.05) is 0 Å². The summed E-state index contributed by atoms with van der Waals surface area (Å²) in [6.07, 6.45) is 9.31. The van der Waals surface area contributed by atoms with Crippen molar-refractivity contribution in [1.82, 2.24) is 0 Å². The number of rotatable bonds is 14. The van der Waals surface area contributed by atoms with Crippen LogP contribution in [-0.4, -0.2) is 12.1 Å².